The third kappa shape index (κ3) is 8.81. The van der Waals surface area contributed by atoms with Gasteiger partial charge in [-0.25, -0.2) is 0 Å². The van der Waals surface area contributed by atoms with E-state index in [1.807, 2.05) is 30.6 Å². The van der Waals surface area contributed by atoms with Gasteiger partial charge in [-0.3, -0.25) is 14.6 Å². The highest BCUT2D eigenvalue weighted by Gasteiger charge is 2.31. The molecule has 12 nitrogen and oxygen atoms in total. The van der Waals surface area contributed by atoms with Gasteiger partial charge in [0, 0.05) is 55.4 Å². The molecule has 1 atom stereocenters. The van der Waals surface area contributed by atoms with Crippen LogP contribution in [0.2, 0.25) is 0 Å². The average Bonchev–Trinajstić information content (AvgIpc) is 3.00. The zero-order chi connectivity index (χ0) is 29.7. The molecule has 0 saturated carbocycles. The minimum absolute atomic E-state index is 0.0838. The van der Waals surface area contributed by atoms with E-state index in [0.717, 1.165) is 35.8 Å². The molecular weight excluding hydrogens is 542 g/mol. The van der Waals surface area contributed by atoms with Crippen molar-refractivity contribution in [2.45, 2.75) is 25.7 Å². The summed E-state index contributed by atoms with van der Waals surface area (Å²) in [6.07, 6.45) is 5.04. The van der Waals surface area contributed by atoms with Crippen molar-refractivity contribution in [1.82, 2.24) is 9.55 Å². The summed E-state index contributed by atoms with van der Waals surface area (Å²) in [6.45, 7) is 4.15. The van der Waals surface area contributed by atoms with Gasteiger partial charge < -0.3 is 44.5 Å². The Kier molecular flexibility index (Phi) is 12.2. The number of rotatable bonds is 16. The zero-order valence-electron chi connectivity index (χ0n) is 23.8. The third-order valence-corrected chi connectivity index (χ3v) is 7.13. The van der Waals surface area contributed by atoms with Gasteiger partial charge in [0.1, 0.15) is 0 Å². The number of nitrogens with two attached hydrogens (primary N) is 1. The lowest BCUT2D eigenvalue weighted by atomic mass is 9.95. The Bertz CT molecular complexity index is 1330. The Labute approximate surface area is 245 Å². The number of fused-ring (bicyclic) bond motifs is 1. The number of piperidine rings is 1. The van der Waals surface area contributed by atoms with Crippen LogP contribution in [0.5, 0.6) is 0 Å². The second-order valence-electron chi connectivity index (χ2n) is 10.1. The van der Waals surface area contributed by atoms with Crippen LogP contribution in [0.15, 0.2) is 59.8 Å². The maximum absolute atomic E-state index is 14.0. The molecule has 1 aromatic carbocycles. The van der Waals surface area contributed by atoms with Crippen molar-refractivity contribution in [3.8, 4) is 0 Å². The van der Waals surface area contributed by atoms with Crippen molar-refractivity contribution in [2.75, 3.05) is 75.6 Å². The number of aliphatic hydroxyl groups is 2. The quantitative estimate of drug-likeness (QED) is 0.164. The van der Waals surface area contributed by atoms with Crippen LogP contribution in [-0.4, -0.2) is 97.8 Å². The number of anilines is 2. The summed E-state index contributed by atoms with van der Waals surface area (Å²) in [5.41, 5.74) is 6.49. The van der Waals surface area contributed by atoms with Crippen LogP contribution in [0, 0.1) is 5.92 Å². The van der Waals surface area contributed by atoms with Crippen molar-refractivity contribution in [1.29, 1.82) is 0 Å². The van der Waals surface area contributed by atoms with E-state index in [2.05, 4.69) is 16.0 Å². The number of hydrogen-bond donors (Lipinski definition) is 3. The number of hydrogen-bond acceptors (Lipinski definition) is 10. The van der Waals surface area contributed by atoms with E-state index in [-0.39, 0.29) is 31.5 Å². The lowest BCUT2D eigenvalue weighted by Gasteiger charge is -2.36. The van der Waals surface area contributed by atoms with Crippen LogP contribution in [0.3, 0.4) is 0 Å². The second-order valence-corrected chi connectivity index (χ2v) is 10.1. The maximum Gasteiger partial charge on any atom is 0.250 e. The molecule has 0 bridgehead atoms. The zero-order valence-corrected chi connectivity index (χ0v) is 23.8. The molecule has 12 heteroatoms. The van der Waals surface area contributed by atoms with Crippen LogP contribution in [0.4, 0.5) is 11.4 Å². The van der Waals surface area contributed by atoms with Gasteiger partial charge in [0.05, 0.1) is 69.7 Å². The summed E-state index contributed by atoms with van der Waals surface area (Å²) >= 11 is 0. The molecule has 4 N–H and O–H groups in total. The van der Waals surface area contributed by atoms with Gasteiger partial charge in [-0.15, -0.1) is 0 Å². The highest BCUT2D eigenvalue weighted by molar-refractivity contribution is 5.96. The molecular formula is C30H41N5O7. The SMILES string of the molecule is NCCOCCOCCOCCN(C(=O)[C@H]1CCCN(c2cncc3ccccc23)C1)c1ccc(=O)n(CC(O)O)c1. The summed E-state index contributed by atoms with van der Waals surface area (Å²) in [7, 11) is 0. The fraction of sp³-hybridized carbons (Fsp3) is 0.500. The topological polar surface area (TPSA) is 153 Å². The number of carbonyl (C=O) groups excluding carboxylic acids is 1. The first-order chi connectivity index (χ1) is 20.5. The van der Waals surface area contributed by atoms with Crippen molar-refractivity contribution in [3.63, 3.8) is 0 Å². The summed E-state index contributed by atoms with van der Waals surface area (Å²) < 4.78 is 17.7. The summed E-state index contributed by atoms with van der Waals surface area (Å²) in [4.78, 5) is 34.6. The van der Waals surface area contributed by atoms with E-state index < -0.39 is 11.8 Å². The Hall–Kier alpha value is -3.39. The van der Waals surface area contributed by atoms with Crippen LogP contribution in [0.1, 0.15) is 12.8 Å². The molecule has 1 amide bonds. The number of nitrogens with zero attached hydrogens (tertiary/aromatic N) is 4. The second kappa shape index (κ2) is 16.3. The Morgan fingerprint density at radius 2 is 1.76 bits per heavy atom. The van der Waals surface area contributed by atoms with E-state index in [1.165, 1.54) is 16.8 Å². The summed E-state index contributed by atoms with van der Waals surface area (Å²) in [5, 5.41) is 21.0. The third-order valence-electron chi connectivity index (χ3n) is 7.13. The molecule has 1 aliphatic rings. The highest BCUT2D eigenvalue weighted by atomic mass is 16.5. The molecule has 1 aliphatic heterocycles. The summed E-state index contributed by atoms with van der Waals surface area (Å²) in [6, 6.07) is 11.0. The molecule has 1 saturated heterocycles. The van der Waals surface area contributed by atoms with Crippen molar-refractivity contribution < 1.29 is 29.2 Å². The number of amides is 1. The fourth-order valence-electron chi connectivity index (χ4n) is 5.12. The molecule has 4 rings (SSSR count). The van der Waals surface area contributed by atoms with Crippen LogP contribution in [-0.2, 0) is 25.5 Å². The molecule has 42 heavy (non-hydrogen) atoms. The van der Waals surface area contributed by atoms with Gasteiger partial charge in [-0.1, -0.05) is 24.3 Å². The normalized spacial score (nSPS) is 15.4. The molecule has 3 aromatic rings. The molecule has 1 fully saturated rings. The van der Waals surface area contributed by atoms with E-state index >= 15 is 0 Å². The van der Waals surface area contributed by atoms with Crippen molar-refractivity contribution in [3.05, 3.63) is 65.3 Å². The molecule has 0 aliphatic carbocycles. The van der Waals surface area contributed by atoms with E-state index in [9.17, 15) is 19.8 Å². The number of ether oxygens (including phenoxy) is 3. The average molecular weight is 584 g/mol. The predicted octanol–water partition coefficient (Wildman–Crippen LogP) is 0.965. The van der Waals surface area contributed by atoms with Crippen LogP contribution >= 0.6 is 0 Å². The smallest absolute Gasteiger partial charge is 0.250 e. The van der Waals surface area contributed by atoms with E-state index in [4.69, 9.17) is 19.9 Å². The largest absolute Gasteiger partial charge is 0.378 e. The van der Waals surface area contributed by atoms with Gasteiger partial charge in [-0.05, 0) is 18.9 Å². The van der Waals surface area contributed by atoms with Gasteiger partial charge >= 0.3 is 0 Å². The maximum atomic E-state index is 14.0. The number of carbonyl (C=O) groups is 1. The van der Waals surface area contributed by atoms with E-state index in [1.54, 1.807) is 11.0 Å². The van der Waals surface area contributed by atoms with E-state index in [0.29, 0.717) is 51.8 Å². The van der Waals surface area contributed by atoms with Crippen LogP contribution < -0.4 is 21.1 Å². The minimum atomic E-state index is -1.70. The Morgan fingerprint density at radius 3 is 2.52 bits per heavy atom. The molecule has 0 spiro atoms. The first-order valence-corrected chi connectivity index (χ1v) is 14.4. The Morgan fingerprint density at radius 1 is 1.02 bits per heavy atom. The summed E-state index contributed by atoms with van der Waals surface area (Å²) in [5.74, 6) is -0.377. The van der Waals surface area contributed by atoms with Gasteiger partial charge in [0.25, 0.3) is 5.56 Å². The lowest BCUT2D eigenvalue weighted by molar-refractivity contribution is -0.122. The van der Waals surface area contributed by atoms with Crippen molar-refractivity contribution in [2.24, 2.45) is 11.7 Å². The molecule has 228 valence electrons. The monoisotopic (exact) mass is 583 g/mol. The number of aromatic nitrogens is 2. The van der Waals surface area contributed by atoms with Gasteiger partial charge in [-0.2, -0.15) is 0 Å². The van der Waals surface area contributed by atoms with Crippen LogP contribution in [0.25, 0.3) is 10.8 Å². The highest BCUT2D eigenvalue weighted by Crippen LogP contribution is 2.30. The predicted molar refractivity (Wildman–Crippen MR) is 159 cm³/mol. The van der Waals surface area contributed by atoms with Gasteiger partial charge in [0.2, 0.25) is 5.91 Å². The fourth-order valence-corrected chi connectivity index (χ4v) is 5.12. The van der Waals surface area contributed by atoms with Crippen molar-refractivity contribution >= 4 is 28.1 Å². The Balaban J connectivity index is 1.45. The molecule has 0 radical (unpaired) electrons. The number of benzene rings is 1. The first-order valence-electron chi connectivity index (χ1n) is 14.4. The van der Waals surface area contributed by atoms with Gasteiger partial charge in [0.15, 0.2) is 6.29 Å². The number of pyridine rings is 2. The first kappa shape index (κ1) is 31.5. The molecule has 2 aromatic heterocycles. The number of aliphatic hydroxyl groups excluding tert-OH is 1. The molecule has 3 heterocycles. The minimum Gasteiger partial charge on any atom is -0.378 e. The standard InChI is InChI=1S/C30H41N5O7/c31-9-12-40-14-16-42-17-15-41-13-11-35(25-7-8-28(36)34(21-25)22-29(37)38)30(39)24-5-3-10-33(20-24)27-19-32-18-23-4-1-2-6-26(23)27/h1-2,4,6-8,18-19,21,24,29,37-38H,3,5,9-17,20,22,31H2/t24-/m0/s1. The lowest BCUT2D eigenvalue weighted by Crippen LogP contribution is -2.46. The molecule has 0 unspecified atom stereocenters.